The third-order valence-corrected chi connectivity index (χ3v) is 6.02. The van der Waals surface area contributed by atoms with E-state index in [4.69, 9.17) is 4.74 Å². The lowest BCUT2D eigenvalue weighted by atomic mass is 9.82. The molecule has 3 atom stereocenters. The number of hydrogen-bond donors (Lipinski definition) is 1. The molecule has 124 valence electrons. The Kier molecular flexibility index (Phi) is 3.85. The van der Waals surface area contributed by atoms with Crippen molar-refractivity contribution in [2.45, 2.75) is 23.3 Å². The number of carbonyl (C=O) groups excluding carboxylic acids is 1. The maximum atomic E-state index is 12.9. The van der Waals surface area contributed by atoms with Gasteiger partial charge in [-0.15, -0.1) is 0 Å². The molecule has 0 aromatic heterocycles. The number of benzene rings is 2. The lowest BCUT2D eigenvalue weighted by Gasteiger charge is -2.30. The minimum Gasteiger partial charge on any atom is -0.496 e. The van der Waals surface area contributed by atoms with Crippen LogP contribution in [0.15, 0.2) is 42.5 Å². The molecule has 1 heterocycles. The highest BCUT2D eigenvalue weighted by Crippen LogP contribution is 2.53. The maximum Gasteiger partial charge on any atom is 0.258 e. The molecule has 5 heteroatoms. The van der Waals surface area contributed by atoms with Crippen molar-refractivity contribution in [3.05, 3.63) is 59.2 Å². The molecular weight excluding hydrogens is 370 g/mol. The predicted molar refractivity (Wildman–Crippen MR) is 96.1 cm³/mol. The van der Waals surface area contributed by atoms with Gasteiger partial charge in [-0.1, -0.05) is 34.1 Å². The number of ether oxygens (including phenoxy) is 1. The first-order valence-electron chi connectivity index (χ1n) is 8.01. The van der Waals surface area contributed by atoms with E-state index in [2.05, 4.69) is 15.9 Å². The third kappa shape index (κ3) is 2.26. The molecule has 0 unspecified atom stereocenters. The van der Waals surface area contributed by atoms with Crippen LogP contribution in [0.3, 0.4) is 0 Å². The normalized spacial score (nSPS) is 24.6. The van der Waals surface area contributed by atoms with Crippen molar-refractivity contribution in [3.63, 3.8) is 0 Å². The second kappa shape index (κ2) is 5.90. The first-order valence-corrected chi connectivity index (χ1v) is 8.93. The molecule has 2 aromatic carbocycles. The molecule has 0 radical (unpaired) electrons. The first-order chi connectivity index (χ1) is 11.6. The van der Waals surface area contributed by atoms with Gasteiger partial charge in [0.25, 0.3) is 5.91 Å². The molecule has 2 aliphatic rings. The Morgan fingerprint density at radius 2 is 1.96 bits per heavy atom. The summed E-state index contributed by atoms with van der Waals surface area (Å²) in [6.07, 6.45) is 0.153. The van der Waals surface area contributed by atoms with E-state index in [0.717, 1.165) is 22.6 Å². The standard InChI is InChI=1S/C19H18BrNO3/c1-24-15-8-7-13-16-12(9-14(22)18(20)17(15)16)10-21(13)19(23)11-5-3-2-4-6-11/h2-8,12,14,18,22H,9-10H2,1H3/t12-,14-,18+/m0/s1. The van der Waals surface area contributed by atoms with Crippen molar-refractivity contribution in [2.75, 3.05) is 18.6 Å². The fourth-order valence-corrected chi connectivity index (χ4v) is 4.55. The maximum absolute atomic E-state index is 12.9. The smallest absolute Gasteiger partial charge is 0.258 e. The van der Waals surface area contributed by atoms with Crippen molar-refractivity contribution in [1.82, 2.24) is 0 Å². The second-order valence-electron chi connectivity index (χ2n) is 6.30. The topological polar surface area (TPSA) is 49.8 Å². The molecule has 1 amide bonds. The van der Waals surface area contributed by atoms with Gasteiger partial charge in [0.2, 0.25) is 0 Å². The molecule has 0 saturated heterocycles. The number of nitrogens with zero attached hydrogens (tertiary/aromatic N) is 1. The Morgan fingerprint density at radius 1 is 1.21 bits per heavy atom. The van der Waals surface area contributed by atoms with Crippen LogP contribution in [0.2, 0.25) is 0 Å². The first kappa shape index (κ1) is 15.7. The molecule has 1 N–H and O–H groups in total. The lowest BCUT2D eigenvalue weighted by molar-refractivity contribution is 0.0984. The van der Waals surface area contributed by atoms with Crippen LogP contribution >= 0.6 is 15.9 Å². The van der Waals surface area contributed by atoms with Gasteiger partial charge in [0.05, 0.1) is 18.0 Å². The van der Waals surface area contributed by atoms with Gasteiger partial charge < -0.3 is 14.7 Å². The monoisotopic (exact) mass is 387 g/mol. The van der Waals surface area contributed by atoms with Crippen LogP contribution in [0.4, 0.5) is 5.69 Å². The van der Waals surface area contributed by atoms with Crippen molar-refractivity contribution in [3.8, 4) is 5.75 Å². The van der Waals surface area contributed by atoms with Gasteiger partial charge in [-0.05, 0) is 36.2 Å². The number of aliphatic hydroxyl groups excluding tert-OH is 1. The average Bonchev–Trinajstić information content (AvgIpc) is 2.98. The van der Waals surface area contributed by atoms with Crippen molar-refractivity contribution >= 4 is 27.5 Å². The molecule has 0 fully saturated rings. The number of hydrogen-bond acceptors (Lipinski definition) is 3. The Hall–Kier alpha value is -1.85. The fourth-order valence-electron chi connectivity index (χ4n) is 3.87. The predicted octanol–water partition coefficient (Wildman–Crippen LogP) is 3.64. The Labute approximate surface area is 149 Å². The Bertz CT molecular complexity index is 793. The summed E-state index contributed by atoms with van der Waals surface area (Å²) < 4.78 is 5.50. The number of anilines is 1. The van der Waals surface area contributed by atoms with Gasteiger partial charge in [0.15, 0.2) is 0 Å². The Morgan fingerprint density at radius 3 is 2.67 bits per heavy atom. The third-order valence-electron chi connectivity index (χ3n) is 4.95. The highest BCUT2D eigenvalue weighted by Gasteiger charge is 2.43. The van der Waals surface area contributed by atoms with Crippen LogP contribution in [-0.2, 0) is 0 Å². The van der Waals surface area contributed by atoms with E-state index in [1.54, 1.807) is 7.11 Å². The van der Waals surface area contributed by atoms with E-state index >= 15 is 0 Å². The van der Waals surface area contributed by atoms with Crippen LogP contribution < -0.4 is 9.64 Å². The lowest BCUT2D eigenvalue weighted by Crippen LogP contribution is -2.31. The van der Waals surface area contributed by atoms with Crippen molar-refractivity contribution in [1.29, 1.82) is 0 Å². The second-order valence-corrected chi connectivity index (χ2v) is 7.28. The number of amides is 1. The minimum absolute atomic E-state index is 0.00187. The number of carbonyl (C=O) groups is 1. The summed E-state index contributed by atoms with van der Waals surface area (Å²) in [4.78, 5) is 14.6. The van der Waals surface area contributed by atoms with Crippen LogP contribution in [0.25, 0.3) is 0 Å². The highest BCUT2D eigenvalue weighted by atomic mass is 79.9. The zero-order valence-corrected chi connectivity index (χ0v) is 14.9. The molecular formula is C19H18BrNO3. The van der Waals surface area contributed by atoms with E-state index < -0.39 is 6.10 Å². The summed E-state index contributed by atoms with van der Waals surface area (Å²) in [5.74, 6) is 0.896. The zero-order chi connectivity index (χ0) is 16.8. The summed E-state index contributed by atoms with van der Waals surface area (Å²) in [7, 11) is 1.63. The van der Waals surface area contributed by atoms with E-state index in [9.17, 15) is 9.90 Å². The van der Waals surface area contributed by atoms with E-state index in [0.29, 0.717) is 18.5 Å². The van der Waals surface area contributed by atoms with Crippen LogP contribution in [0, 0.1) is 0 Å². The molecule has 0 spiro atoms. The SMILES string of the molecule is COc1ccc2c3c1[C@H](Br)[C@@H](O)C[C@H]3CN2C(=O)c1ccccc1. The summed E-state index contributed by atoms with van der Waals surface area (Å²) >= 11 is 3.60. The zero-order valence-electron chi connectivity index (χ0n) is 13.3. The number of rotatable bonds is 2. The number of alkyl halides is 1. The van der Waals surface area contributed by atoms with Gasteiger partial charge in [-0.25, -0.2) is 0 Å². The van der Waals surface area contributed by atoms with E-state index in [-0.39, 0.29) is 16.7 Å². The molecule has 0 bridgehead atoms. The summed E-state index contributed by atoms with van der Waals surface area (Å²) in [6, 6.07) is 13.2. The summed E-state index contributed by atoms with van der Waals surface area (Å²) in [6.45, 7) is 0.597. The summed E-state index contributed by atoms with van der Waals surface area (Å²) in [5, 5.41) is 10.4. The molecule has 24 heavy (non-hydrogen) atoms. The van der Waals surface area contributed by atoms with Crippen LogP contribution in [-0.4, -0.2) is 30.8 Å². The fraction of sp³-hybridized carbons (Fsp3) is 0.316. The number of halogens is 1. The average molecular weight is 388 g/mol. The highest BCUT2D eigenvalue weighted by molar-refractivity contribution is 9.09. The molecule has 0 saturated carbocycles. The molecule has 1 aliphatic carbocycles. The van der Waals surface area contributed by atoms with Gasteiger partial charge in [-0.2, -0.15) is 0 Å². The Balaban J connectivity index is 1.82. The largest absolute Gasteiger partial charge is 0.496 e. The minimum atomic E-state index is -0.488. The van der Waals surface area contributed by atoms with Gasteiger partial charge in [0.1, 0.15) is 5.75 Å². The number of methoxy groups -OCH3 is 1. The molecule has 2 aromatic rings. The van der Waals surface area contributed by atoms with Gasteiger partial charge in [-0.3, -0.25) is 4.79 Å². The van der Waals surface area contributed by atoms with E-state index in [1.165, 1.54) is 0 Å². The van der Waals surface area contributed by atoms with Crippen molar-refractivity contribution < 1.29 is 14.6 Å². The van der Waals surface area contributed by atoms with Crippen molar-refractivity contribution in [2.24, 2.45) is 0 Å². The number of aliphatic hydroxyl groups is 1. The van der Waals surface area contributed by atoms with Gasteiger partial charge >= 0.3 is 0 Å². The van der Waals surface area contributed by atoms with E-state index in [1.807, 2.05) is 47.4 Å². The van der Waals surface area contributed by atoms with Crippen LogP contribution in [0.5, 0.6) is 5.75 Å². The van der Waals surface area contributed by atoms with Gasteiger partial charge in [0, 0.05) is 29.3 Å². The van der Waals surface area contributed by atoms with Crippen LogP contribution in [0.1, 0.15) is 38.7 Å². The molecule has 4 nitrogen and oxygen atoms in total. The molecule has 4 rings (SSSR count). The quantitative estimate of drug-likeness (QED) is 0.800. The molecule has 1 aliphatic heterocycles. The summed E-state index contributed by atoms with van der Waals surface area (Å²) in [5.41, 5.74) is 3.71.